The van der Waals surface area contributed by atoms with Crippen molar-refractivity contribution in [2.24, 2.45) is 0 Å². The zero-order valence-corrected chi connectivity index (χ0v) is 16.1. The van der Waals surface area contributed by atoms with Gasteiger partial charge in [0, 0.05) is 11.3 Å². The second-order valence-corrected chi connectivity index (χ2v) is 7.78. The largest absolute Gasteiger partial charge is 0.495 e. The van der Waals surface area contributed by atoms with Gasteiger partial charge in [-0.2, -0.15) is 5.10 Å². The van der Waals surface area contributed by atoms with Crippen LogP contribution in [-0.2, 0) is 16.6 Å². The number of ether oxygens (including phenoxy) is 1. The molecule has 1 heterocycles. The molecule has 0 aliphatic carbocycles. The van der Waals surface area contributed by atoms with Crippen molar-refractivity contribution < 1.29 is 17.9 Å². The van der Waals surface area contributed by atoms with E-state index >= 15 is 0 Å². The summed E-state index contributed by atoms with van der Waals surface area (Å²) in [5, 5.41) is 6.78. The third-order valence-electron chi connectivity index (χ3n) is 3.78. The molecule has 2 N–H and O–H groups in total. The Kier molecular flexibility index (Phi) is 5.59. The fraction of sp³-hybridized carbons (Fsp3) is 0.167. The number of carbonyl (C=O) groups is 1. The maximum atomic E-state index is 12.5. The molecule has 0 fully saturated rings. The van der Waals surface area contributed by atoms with Gasteiger partial charge in [-0.1, -0.05) is 12.1 Å². The van der Waals surface area contributed by atoms with Crippen LogP contribution in [0, 0.1) is 0 Å². The highest BCUT2D eigenvalue weighted by Gasteiger charge is 2.12. The molecule has 3 rings (SSSR count). The van der Waals surface area contributed by atoms with Gasteiger partial charge < -0.3 is 10.1 Å². The predicted molar refractivity (Wildman–Crippen MR) is 105 cm³/mol. The van der Waals surface area contributed by atoms with Crippen LogP contribution in [0.25, 0.3) is 0 Å². The van der Waals surface area contributed by atoms with Crippen LogP contribution in [0.4, 0.5) is 11.4 Å². The van der Waals surface area contributed by atoms with Crippen molar-refractivity contribution in [2.75, 3.05) is 23.4 Å². The summed E-state index contributed by atoms with van der Waals surface area (Å²) < 4.78 is 32.2. The Labute approximate surface area is 162 Å². The number of rotatable bonds is 7. The minimum atomic E-state index is -3.49. The summed E-state index contributed by atoms with van der Waals surface area (Å²) in [6.45, 7) is 0.556. The molecule has 10 heteroatoms. The molecule has 0 radical (unpaired) electrons. The minimum absolute atomic E-state index is 0.242. The lowest BCUT2D eigenvalue weighted by atomic mass is 10.1. The SMILES string of the molecule is COc1ccc(NC(=O)c2ccc(Cn3cncn3)cc2)cc1NS(C)(=O)=O. The monoisotopic (exact) mass is 401 g/mol. The number of carbonyl (C=O) groups excluding carboxylic acids is 1. The Balaban J connectivity index is 1.72. The number of hydrogen-bond donors (Lipinski definition) is 2. The molecule has 2 aromatic carbocycles. The standard InChI is InChI=1S/C18H19N5O4S/c1-27-17-8-7-15(9-16(17)22-28(2,25)26)21-18(24)14-5-3-13(4-6-14)10-23-12-19-11-20-23/h3-9,11-12,22H,10H2,1-2H3,(H,21,24). The number of anilines is 2. The molecule has 146 valence electrons. The summed E-state index contributed by atoms with van der Waals surface area (Å²) in [5.74, 6) is 0.0312. The molecule has 9 nitrogen and oxygen atoms in total. The molecule has 0 aliphatic heterocycles. The normalized spacial score (nSPS) is 11.1. The Morgan fingerprint density at radius 1 is 1.18 bits per heavy atom. The number of sulfonamides is 1. The summed E-state index contributed by atoms with van der Waals surface area (Å²) in [5.41, 5.74) is 2.12. The van der Waals surface area contributed by atoms with Gasteiger partial charge in [0.1, 0.15) is 18.4 Å². The van der Waals surface area contributed by atoms with Crippen LogP contribution in [0.1, 0.15) is 15.9 Å². The smallest absolute Gasteiger partial charge is 0.255 e. The van der Waals surface area contributed by atoms with Crippen molar-refractivity contribution in [1.82, 2.24) is 14.8 Å². The summed E-state index contributed by atoms with van der Waals surface area (Å²) in [4.78, 5) is 16.4. The lowest BCUT2D eigenvalue weighted by Gasteiger charge is -2.12. The number of methoxy groups -OCH3 is 1. The van der Waals surface area contributed by atoms with Crippen LogP contribution in [-0.4, -0.2) is 42.5 Å². The number of amides is 1. The maximum Gasteiger partial charge on any atom is 0.255 e. The molecule has 0 aliphatic rings. The van der Waals surface area contributed by atoms with Crippen LogP contribution < -0.4 is 14.8 Å². The predicted octanol–water partition coefficient (Wildman–Crippen LogP) is 1.96. The molecule has 0 saturated heterocycles. The first-order valence-corrected chi connectivity index (χ1v) is 10.1. The van der Waals surface area contributed by atoms with Crippen LogP contribution in [0.2, 0.25) is 0 Å². The first-order valence-electron chi connectivity index (χ1n) is 8.22. The van der Waals surface area contributed by atoms with Gasteiger partial charge in [-0.05, 0) is 35.9 Å². The maximum absolute atomic E-state index is 12.5. The molecule has 0 bridgehead atoms. The summed E-state index contributed by atoms with van der Waals surface area (Å²) in [6, 6.07) is 11.8. The quantitative estimate of drug-likeness (QED) is 0.625. The van der Waals surface area contributed by atoms with E-state index in [2.05, 4.69) is 20.1 Å². The average Bonchev–Trinajstić information content (AvgIpc) is 3.14. The van der Waals surface area contributed by atoms with Gasteiger partial charge in [0.05, 0.1) is 25.6 Å². The van der Waals surface area contributed by atoms with Crippen molar-refractivity contribution in [3.8, 4) is 5.75 Å². The van der Waals surface area contributed by atoms with E-state index in [0.29, 0.717) is 23.5 Å². The van der Waals surface area contributed by atoms with Crippen molar-refractivity contribution in [1.29, 1.82) is 0 Å². The van der Waals surface area contributed by atoms with E-state index in [0.717, 1.165) is 11.8 Å². The fourth-order valence-electron chi connectivity index (χ4n) is 2.53. The summed E-state index contributed by atoms with van der Waals surface area (Å²) in [6.07, 6.45) is 4.12. The average molecular weight is 401 g/mol. The third-order valence-corrected chi connectivity index (χ3v) is 4.37. The second kappa shape index (κ2) is 8.09. The Bertz CT molecular complexity index is 1060. The van der Waals surface area contributed by atoms with Crippen molar-refractivity contribution >= 4 is 27.3 Å². The van der Waals surface area contributed by atoms with Gasteiger partial charge in [-0.25, -0.2) is 18.1 Å². The Hall–Kier alpha value is -3.40. The molecule has 3 aromatic rings. The zero-order chi connectivity index (χ0) is 20.1. The molecule has 0 atom stereocenters. The summed E-state index contributed by atoms with van der Waals surface area (Å²) >= 11 is 0. The number of benzene rings is 2. The first-order chi connectivity index (χ1) is 13.3. The van der Waals surface area contributed by atoms with E-state index < -0.39 is 10.0 Å². The van der Waals surface area contributed by atoms with Crippen LogP contribution in [0.15, 0.2) is 55.1 Å². The molecule has 0 unspecified atom stereocenters. The van der Waals surface area contributed by atoms with Gasteiger partial charge in [-0.3, -0.25) is 9.52 Å². The van der Waals surface area contributed by atoms with E-state index in [1.807, 2.05) is 12.1 Å². The Morgan fingerprint density at radius 3 is 2.54 bits per heavy atom. The van der Waals surface area contributed by atoms with Crippen molar-refractivity contribution in [2.45, 2.75) is 6.54 Å². The highest BCUT2D eigenvalue weighted by molar-refractivity contribution is 7.92. The molecule has 1 aromatic heterocycles. The first kappa shape index (κ1) is 19.4. The zero-order valence-electron chi connectivity index (χ0n) is 15.3. The molecule has 28 heavy (non-hydrogen) atoms. The van der Waals surface area contributed by atoms with E-state index in [1.54, 1.807) is 35.3 Å². The Morgan fingerprint density at radius 2 is 1.93 bits per heavy atom. The molecular formula is C18H19N5O4S. The minimum Gasteiger partial charge on any atom is -0.495 e. The fourth-order valence-corrected chi connectivity index (χ4v) is 3.09. The third kappa shape index (κ3) is 5.07. The molecule has 0 spiro atoms. The van der Waals surface area contributed by atoms with Gasteiger partial charge in [-0.15, -0.1) is 0 Å². The lowest BCUT2D eigenvalue weighted by molar-refractivity contribution is 0.102. The lowest BCUT2D eigenvalue weighted by Crippen LogP contribution is -2.14. The number of nitrogens with one attached hydrogen (secondary N) is 2. The van der Waals surface area contributed by atoms with Crippen LogP contribution >= 0.6 is 0 Å². The second-order valence-electron chi connectivity index (χ2n) is 6.03. The van der Waals surface area contributed by atoms with Crippen molar-refractivity contribution in [3.05, 3.63) is 66.2 Å². The van der Waals surface area contributed by atoms with Gasteiger partial charge in [0.15, 0.2) is 0 Å². The van der Waals surface area contributed by atoms with Crippen LogP contribution in [0.5, 0.6) is 5.75 Å². The topological polar surface area (TPSA) is 115 Å². The highest BCUT2D eigenvalue weighted by atomic mass is 32.2. The number of aromatic nitrogens is 3. The van der Waals surface area contributed by atoms with Crippen LogP contribution in [0.3, 0.4) is 0 Å². The number of hydrogen-bond acceptors (Lipinski definition) is 6. The molecular weight excluding hydrogens is 382 g/mol. The van der Waals surface area contributed by atoms with Gasteiger partial charge in [0.25, 0.3) is 5.91 Å². The molecule has 0 saturated carbocycles. The van der Waals surface area contributed by atoms with Crippen molar-refractivity contribution in [3.63, 3.8) is 0 Å². The van der Waals surface area contributed by atoms with E-state index in [9.17, 15) is 13.2 Å². The molecule has 1 amide bonds. The van der Waals surface area contributed by atoms with E-state index in [4.69, 9.17) is 4.74 Å². The van der Waals surface area contributed by atoms with E-state index in [-0.39, 0.29) is 11.6 Å². The number of nitrogens with zero attached hydrogens (tertiary/aromatic N) is 3. The highest BCUT2D eigenvalue weighted by Crippen LogP contribution is 2.28. The van der Waals surface area contributed by atoms with Gasteiger partial charge in [0.2, 0.25) is 10.0 Å². The van der Waals surface area contributed by atoms with E-state index in [1.165, 1.54) is 19.5 Å². The van der Waals surface area contributed by atoms with Gasteiger partial charge >= 0.3 is 0 Å². The summed E-state index contributed by atoms with van der Waals surface area (Å²) in [7, 11) is -2.06.